The Hall–Kier alpha value is -2.67. The molecule has 1 aromatic heterocycles. The van der Waals surface area contributed by atoms with Crippen LogP contribution in [0.1, 0.15) is 29.1 Å². The van der Waals surface area contributed by atoms with Gasteiger partial charge in [-0.05, 0) is 31.9 Å². The van der Waals surface area contributed by atoms with Crippen LogP contribution >= 0.6 is 0 Å². The largest absolute Gasteiger partial charge is 0.431 e. The van der Waals surface area contributed by atoms with Crippen molar-refractivity contribution in [2.24, 2.45) is 11.7 Å². The van der Waals surface area contributed by atoms with E-state index in [0.29, 0.717) is 37.8 Å². The van der Waals surface area contributed by atoms with E-state index in [1.165, 1.54) is 0 Å². The first-order valence-corrected chi connectivity index (χ1v) is 8.90. The van der Waals surface area contributed by atoms with Gasteiger partial charge in [-0.15, -0.1) is 0 Å². The van der Waals surface area contributed by atoms with Crippen molar-refractivity contribution in [2.45, 2.75) is 19.8 Å². The number of nitrogens with one attached hydrogen (secondary N) is 1. The van der Waals surface area contributed by atoms with Crippen LogP contribution in [-0.2, 0) is 4.79 Å². The molecule has 1 aromatic carbocycles. The van der Waals surface area contributed by atoms with Gasteiger partial charge in [-0.3, -0.25) is 9.59 Å². The number of likely N-dealkylation sites (tertiary alicyclic amines) is 1. The zero-order valence-electron chi connectivity index (χ0n) is 14.9. The number of rotatable bonds is 5. The average Bonchev–Trinajstić information content (AvgIpc) is 3.08. The molecule has 1 fully saturated rings. The third kappa shape index (κ3) is 3.94. The van der Waals surface area contributed by atoms with Crippen LogP contribution in [0.5, 0.6) is 0 Å². The van der Waals surface area contributed by atoms with Crippen LogP contribution in [0.3, 0.4) is 0 Å². The number of nitrogens with two attached hydrogens (primary N) is 1. The van der Waals surface area contributed by atoms with E-state index in [1.54, 1.807) is 11.8 Å². The Kier molecular flexibility index (Phi) is 5.68. The summed E-state index contributed by atoms with van der Waals surface area (Å²) in [4.78, 5) is 31.1. The number of amides is 2. The Balaban J connectivity index is 1.73. The molecule has 2 heterocycles. The smallest absolute Gasteiger partial charge is 0.291 e. The molecule has 3 rings (SSSR count). The number of hydrogen-bond donors (Lipinski definition) is 2. The summed E-state index contributed by atoms with van der Waals surface area (Å²) < 4.78 is 5.76. The zero-order valence-corrected chi connectivity index (χ0v) is 14.9. The molecule has 1 aliphatic heterocycles. The van der Waals surface area contributed by atoms with Crippen LogP contribution in [-0.4, -0.2) is 47.9 Å². The quantitative estimate of drug-likeness (QED) is 0.847. The number of piperidine rings is 1. The number of hydrogen-bond acceptors (Lipinski definition) is 5. The van der Waals surface area contributed by atoms with Gasteiger partial charge in [0.05, 0.1) is 11.6 Å². The van der Waals surface area contributed by atoms with Crippen molar-refractivity contribution in [2.75, 3.05) is 26.2 Å². The normalized spacial score (nSPS) is 17.2. The Morgan fingerprint density at radius 2 is 2.12 bits per heavy atom. The molecule has 1 saturated heterocycles. The van der Waals surface area contributed by atoms with Crippen molar-refractivity contribution in [3.8, 4) is 11.5 Å². The average molecular weight is 356 g/mol. The van der Waals surface area contributed by atoms with Crippen LogP contribution in [0.2, 0.25) is 0 Å². The molecule has 0 radical (unpaired) electrons. The van der Waals surface area contributed by atoms with Crippen LogP contribution in [0, 0.1) is 12.8 Å². The van der Waals surface area contributed by atoms with E-state index in [1.807, 2.05) is 30.3 Å². The van der Waals surface area contributed by atoms with Crippen LogP contribution in [0.15, 0.2) is 34.7 Å². The number of nitrogens with zero attached hydrogens (tertiary/aromatic N) is 2. The van der Waals surface area contributed by atoms with Gasteiger partial charge in [0.2, 0.25) is 17.6 Å². The van der Waals surface area contributed by atoms with Gasteiger partial charge in [-0.25, -0.2) is 4.98 Å². The van der Waals surface area contributed by atoms with Crippen LogP contribution in [0.25, 0.3) is 11.5 Å². The standard InChI is InChI=1S/C19H24N4O3/c1-13-16(26-18(22-13)14-6-3-2-4-7-14)19(25)23-11-5-8-15(12-23)17(24)21-10-9-20/h2-4,6-7,15H,5,8-12,20H2,1H3,(H,21,24). The summed E-state index contributed by atoms with van der Waals surface area (Å²) in [5.74, 6) is 0.198. The van der Waals surface area contributed by atoms with Gasteiger partial charge in [-0.2, -0.15) is 0 Å². The lowest BCUT2D eigenvalue weighted by Gasteiger charge is -2.31. The van der Waals surface area contributed by atoms with E-state index in [-0.39, 0.29) is 23.5 Å². The molecule has 138 valence electrons. The summed E-state index contributed by atoms with van der Waals surface area (Å²) in [6, 6.07) is 9.47. The van der Waals surface area contributed by atoms with Crippen molar-refractivity contribution in [1.29, 1.82) is 0 Å². The number of benzene rings is 1. The summed E-state index contributed by atoms with van der Waals surface area (Å²) >= 11 is 0. The van der Waals surface area contributed by atoms with Gasteiger partial charge in [0, 0.05) is 31.7 Å². The molecule has 2 aromatic rings. The highest BCUT2D eigenvalue weighted by molar-refractivity contribution is 5.93. The second kappa shape index (κ2) is 8.14. The van der Waals surface area contributed by atoms with Gasteiger partial charge in [0.15, 0.2) is 0 Å². The van der Waals surface area contributed by atoms with Crippen LogP contribution < -0.4 is 11.1 Å². The Morgan fingerprint density at radius 3 is 2.85 bits per heavy atom. The van der Waals surface area contributed by atoms with Crippen molar-refractivity contribution >= 4 is 11.8 Å². The third-order valence-electron chi connectivity index (χ3n) is 4.53. The van der Waals surface area contributed by atoms with E-state index in [9.17, 15) is 9.59 Å². The maximum absolute atomic E-state index is 12.9. The molecule has 0 aliphatic carbocycles. The summed E-state index contributed by atoms with van der Waals surface area (Å²) in [5, 5.41) is 2.80. The van der Waals surface area contributed by atoms with Gasteiger partial charge < -0.3 is 20.4 Å². The van der Waals surface area contributed by atoms with Gasteiger partial charge in [0.25, 0.3) is 5.91 Å². The van der Waals surface area contributed by atoms with E-state index in [0.717, 1.165) is 18.4 Å². The van der Waals surface area contributed by atoms with Gasteiger partial charge >= 0.3 is 0 Å². The molecule has 3 N–H and O–H groups in total. The van der Waals surface area contributed by atoms with Crippen molar-refractivity contribution in [1.82, 2.24) is 15.2 Å². The first-order valence-electron chi connectivity index (χ1n) is 8.90. The number of carbonyl (C=O) groups is 2. The molecule has 1 unspecified atom stereocenters. The minimum absolute atomic E-state index is 0.0489. The topological polar surface area (TPSA) is 101 Å². The van der Waals surface area contributed by atoms with Gasteiger partial charge in [0.1, 0.15) is 0 Å². The summed E-state index contributed by atoms with van der Waals surface area (Å²) in [6.45, 7) is 3.61. The molecule has 2 amide bonds. The third-order valence-corrected chi connectivity index (χ3v) is 4.53. The highest BCUT2D eigenvalue weighted by atomic mass is 16.4. The molecular weight excluding hydrogens is 332 g/mol. The van der Waals surface area contributed by atoms with Crippen LogP contribution in [0.4, 0.5) is 0 Å². The summed E-state index contributed by atoms with van der Waals surface area (Å²) in [6.07, 6.45) is 1.55. The number of aromatic nitrogens is 1. The Labute approximate surface area is 152 Å². The fraction of sp³-hybridized carbons (Fsp3) is 0.421. The van der Waals surface area contributed by atoms with E-state index in [4.69, 9.17) is 10.2 Å². The monoisotopic (exact) mass is 356 g/mol. The first-order chi connectivity index (χ1) is 12.6. The number of aryl methyl sites for hydroxylation is 1. The second-order valence-corrected chi connectivity index (χ2v) is 6.47. The fourth-order valence-electron chi connectivity index (χ4n) is 3.16. The van der Waals surface area contributed by atoms with Gasteiger partial charge in [-0.1, -0.05) is 18.2 Å². The number of carbonyl (C=O) groups excluding carboxylic acids is 2. The highest BCUT2D eigenvalue weighted by Gasteiger charge is 2.31. The molecule has 7 nitrogen and oxygen atoms in total. The van der Waals surface area contributed by atoms with Crippen molar-refractivity contribution in [3.63, 3.8) is 0 Å². The minimum atomic E-state index is -0.214. The molecule has 7 heteroatoms. The van der Waals surface area contributed by atoms with Crippen molar-refractivity contribution < 1.29 is 14.0 Å². The predicted molar refractivity (Wildman–Crippen MR) is 97.4 cm³/mol. The SMILES string of the molecule is Cc1nc(-c2ccccc2)oc1C(=O)N1CCCC(C(=O)NCCN)C1. The van der Waals surface area contributed by atoms with E-state index >= 15 is 0 Å². The Morgan fingerprint density at radius 1 is 1.35 bits per heavy atom. The maximum Gasteiger partial charge on any atom is 0.291 e. The second-order valence-electron chi connectivity index (χ2n) is 6.47. The van der Waals surface area contributed by atoms with E-state index in [2.05, 4.69) is 10.3 Å². The number of oxazole rings is 1. The summed E-state index contributed by atoms with van der Waals surface area (Å²) in [5.41, 5.74) is 6.81. The fourth-order valence-corrected chi connectivity index (χ4v) is 3.16. The minimum Gasteiger partial charge on any atom is -0.431 e. The molecular formula is C19H24N4O3. The molecule has 1 aliphatic rings. The molecule has 0 bridgehead atoms. The molecule has 0 spiro atoms. The summed E-state index contributed by atoms with van der Waals surface area (Å²) in [7, 11) is 0. The Bertz CT molecular complexity index is 772. The molecule has 1 atom stereocenters. The molecule has 26 heavy (non-hydrogen) atoms. The molecule has 0 saturated carbocycles. The van der Waals surface area contributed by atoms with Crippen molar-refractivity contribution in [3.05, 3.63) is 41.8 Å². The highest BCUT2D eigenvalue weighted by Crippen LogP contribution is 2.24. The lowest BCUT2D eigenvalue weighted by Crippen LogP contribution is -2.46. The lowest BCUT2D eigenvalue weighted by molar-refractivity contribution is -0.126. The zero-order chi connectivity index (χ0) is 18.5. The maximum atomic E-state index is 12.9. The predicted octanol–water partition coefficient (Wildman–Crippen LogP) is 1.58. The van der Waals surface area contributed by atoms with E-state index < -0.39 is 0 Å². The first kappa shape index (κ1) is 18.1. The lowest BCUT2D eigenvalue weighted by atomic mass is 9.97.